The van der Waals surface area contributed by atoms with Crippen LogP contribution in [0.4, 0.5) is 5.69 Å². The van der Waals surface area contributed by atoms with Crippen molar-refractivity contribution in [2.24, 2.45) is 0 Å². The first-order chi connectivity index (χ1) is 13.0. The zero-order chi connectivity index (χ0) is 20.9. The number of hydrogen-bond donors (Lipinski definition) is 1. The summed E-state index contributed by atoms with van der Waals surface area (Å²) < 4.78 is 29.8. The van der Waals surface area contributed by atoms with Gasteiger partial charge in [-0.2, -0.15) is 0 Å². The van der Waals surface area contributed by atoms with Gasteiger partial charge in [-0.1, -0.05) is 29.3 Å². The molecular formula is C19H17Cl2NO5S. The van der Waals surface area contributed by atoms with Gasteiger partial charge in [0.1, 0.15) is 0 Å². The fourth-order valence-electron chi connectivity index (χ4n) is 2.20. The Morgan fingerprint density at radius 1 is 1.07 bits per heavy atom. The van der Waals surface area contributed by atoms with E-state index in [9.17, 15) is 18.0 Å². The number of anilines is 1. The number of carbonyl (C=O) groups excluding carboxylic acids is 2. The number of nitrogens with one attached hydrogen (secondary N) is 1. The van der Waals surface area contributed by atoms with Crippen LogP contribution in [0.3, 0.4) is 0 Å². The maximum Gasteiger partial charge on any atom is 0.331 e. The first kappa shape index (κ1) is 21.9. The summed E-state index contributed by atoms with van der Waals surface area (Å²) >= 11 is 11.7. The molecule has 9 heteroatoms. The monoisotopic (exact) mass is 441 g/mol. The second kappa shape index (κ2) is 9.23. The van der Waals surface area contributed by atoms with Gasteiger partial charge < -0.3 is 4.74 Å². The fourth-order valence-corrected chi connectivity index (χ4v) is 3.07. The van der Waals surface area contributed by atoms with Gasteiger partial charge >= 0.3 is 5.97 Å². The predicted molar refractivity (Wildman–Crippen MR) is 110 cm³/mol. The van der Waals surface area contributed by atoms with E-state index in [2.05, 4.69) is 4.72 Å². The molecule has 0 heterocycles. The standard InChI is InChI=1S/C19H17Cl2NO5S/c1-12(19(24)14-5-7-15(8-6-14)22-28(2,25)26)27-18(23)10-4-13-3-9-16(20)17(21)11-13/h3-12,22H,1-2H3/b10-4+. The Labute approximate surface area is 173 Å². The quantitative estimate of drug-likeness (QED) is 0.395. The van der Waals surface area contributed by atoms with E-state index in [1.54, 1.807) is 18.2 Å². The summed E-state index contributed by atoms with van der Waals surface area (Å²) in [5.41, 5.74) is 1.26. The van der Waals surface area contributed by atoms with Crippen LogP contribution in [0.15, 0.2) is 48.5 Å². The summed E-state index contributed by atoms with van der Waals surface area (Å²) in [6.45, 7) is 1.45. The molecule has 1 unspecified atom stereocenters. The van der Waals surface area contributed by atoms with E-state index in [4.69, 9.17) is 27.9 Å². The van der Waals surface area contributed by atoms with Crippen molar-refractivity contribution < 1.29 is 22.7 Å². The summed E-state index contributed by atoms with van der Waals surface area (Å²) in [6.07, 6.45) is 2.69. The van der Waals surface area contributed by atoms with Crippen LogP contribution >= 0.6 is 23.2 Å². The average molecular weight is 442 g/mol. The molecule has 2 aromatic carbocycles. The molecule has 1 N–H and O–H groups in total. The number of hydrogen-bond acceptors (Lipinski definition) is 5. The lowest BCUT2D eigenvalue weighted by molar-refractivity contribution is -0.140. The second-order valence-electron chi connectivity index (χ2n) is 5.90. The van der Waals surface area contributed by atoms with Crippen LogP contribution in [0.5, 0.6) is 0 Å². The minimum Gasteiger partial charge on any atom is -0.451 e. The Morgan fingerprint density at radius 2 is 1.71 bits per heavy atom. The molecule has 0 saturated heterocycles. The van der Waals surface area contributed by atoms with Crippen molar-refractivity contribution in [2.75, 3.05) is 11.0 Å². The molecule has 0 aliphatic heterocycles. The van der Waals surface area contributed by atoms with Gasteiger partial charge in [0.05, 0.1) is 16.3 Å². The molecule has 0 radical (unpaired) electrons. The Hall–Kier alpha value is -2.35. The number of esters is 1. The Kier molecular flexibility index (Phi) is 7.23. The molecular weight excluding hydrogens is 425 g/mol. The van der Waals surface area contributed by atoms with Crippen LogP contribution in [0.25, 0.3) is 6.08 Å². The van der Waals surface area contributed by atoms with Gasteiger partial charge in [0.15, 0.2) is 6.10 Å². The summed E-state index contributed by atoms with van der Waals surface area (Å²) in [7, 11) is -3.40. The first-order valence-corrected chi connectivity index (χ1v) is 10.7. The number of rotatable bonds is 7. The molecule has 0 saturated carbocycles. The van der Waals surface area contributed by atoms with Crippen LogP contribution in [-0.2, 0) is 19.6 Å². The van der Waals surface area contributed by atoms with Crippen molar-refractivity contribution in [1.82, 2.24) is 0 Å². The number of halogens is 2. The van der Waals surface area contributed by atoms with Gasteiger partial charge in [-0.3, -0.25) is 9.52 Å². The van der Waals surface area contributed by atoms with Gasteiger partial charge in [0.2, 0.25) is 15.8 Å². The first-order valence-electron chi connectivity index (χ1n) is 8.01. The summed E-state index contributed by atoms with van der Waals surface area (Å²) in [5, 5.41) is 0.757. The third-order valence-corrected chi connectivity index (χ3v) is 4.84. The molecule has 0 amide bonds. The predicted octanol–water partition coefficient (Wildman–Crippen LogP) is 4.19. The fraction of sp³-hybridized carbons (Fsp3) is 0.158. The van der Waals surface area contributed by atoms with E-state index < -0.39 is 27.9 Å². The minimum atomic E-state index is -3.40. The van der Waals surface area contributed by atoms with Crippen molar-refractivity contribution in [2.45, 2.75) is 13.0 Å². The van der Waals surface area contributed by atoms with Crippen LogP contribution in [0, 0.1) is 0 Å². The summed E-state index contributed by atoms with van der Waals surface area (Å²) in [6, 6.07) is 10.7. The van der Waals surface area contributed by atoms with Gasteiger partial charge in [-0.15, -0.1) is 0 Å². The van der Waals surface area contributed by atoms with Crippen LogP contribution < -0.4 is 4.72 Å². The van der Waals surface area contributed by atoms with Gasteiger partial charge in [0.25, 0.3) is 0 Å². The Morgan fingerprint density at radius 3 is 2.29 bits per heavy atom. The zero-order valence-electron chi connectivity index (χ0n) is 15.0. The van der Waals surface area contributed by atoms with Crippen LogP contribution in [-0.4, -0.2) is 32.5 Å². The third kappa shape index (κ3) is 6.67. The number of benzene rings is 2. The van der Waals surface area contributed by atoms with Crippen molar-refractivity contribution in [3.8, 4) is 0 Å². The van der Waals surface area contributed by atoms with E-state index in [0.717, 1.165) is 6.26 Å². The number of Topliss-reactive ketones (excluding diaryl/α,β-unsaturated/α-hetero) is 1. The highest BCUT2D eigenvalue weighted by atomic mass is 35.5. The minimum absolute atomic E-state index is 0.285. The molecule has 0 fully saturated rings. The highest BCUT2D eigenvalue weighted by Gasteiger charge is 2.18. The Bertz CT molecular complexity index is 1020. The van der Waals surface area contributed by atoms with E-state index in [-0.39, 0.29) is 5.56 Å². The number of sulfonamides is 1. The highest BCUT2D eigenvalue weighted by Crippen LogP contribution is 2.23. The molecule has 0 bridgehead atoms. The average Bonchev–Trinajstić information content (AvgIpc) is 2.61. The number of carbonyl (C=O) groups is 2. The third-order valence-electron chi connectivity index (χ3n) is 3.49. The molecule has 2 rings (SSSR count). The lowest BCUT2D eigenvalue weighted by Crippen LogP contribution is -2.23. The van der Waals surface area contributed by atoms with E-state index in [0.29, 0.717) is 21.3 Å². The Balaban J connectivity index is 1.98. The molecule has 6 nitrogen and oxygen atoms in total. The molecule has 28 heavy (non-hydrogen) atoms. The van der Waals surface area contributed by atoms with E-state index in [1.807, 2.05) is 0 Å². The number of ketones is 1. The van der Waals surface area contributed by atoms with Crippen molar-refractivity contribution in [3.05, 3.63) is 69.7 Å². The van der Waals surface area contributed by atoms with Crippen LogP contribution in [0.2, 0.25) is 10.0 Å². The topological polar surface area (TPSA) is 89.5 Å². The molecule has 0 aromatic heterocycles. The highest BCUT2D eigenvalue weighted by molar-refractivity contribution is 7.92. The van der Waals surface area contributed by atoms with Gasteiger partial charge in [-0.05, 0) is 55.0 Å². The van der Waals surface area contributed by atoms with Crippen molar-refractivity contribution in [3.63, 3.8) is 0 Å². The molecule has 0 aliphatic carbocycles. The largest absolute Gasteiger partial charge is 0.451 e. The molecule has 0 aliphatic rings. The summed E-state index contributed by atoms with van der Waals surface area (Å²) in [5.74, 6) is -1.11. The van der Waals surface area contributed by atoms with E-state index >= 15 is 0 Å². The van der Waals surface area contributed by atoms with Gasteiger partial charge in [0, 0.05) is 17.3 Å². The maximum absolute atomic E-state index is 12.4. The lowest BCUT2D eigenvalue weighted by atomic mass is 10.1. The van der Waals surface area contributed by atoms with Crippen molar-refractivity contribution >= 4 is 56.7 Å². The normalized spacial score (nSPS) is 12.6. The van der Waals surface area contributed by atoms with Crippen molar-refractivity contribution in [1.29, 1.82) is 0 Å². The molecule has 0 spiro atoms. The molecule has 148 valence electrons. The van der Waals surface area contributed by atoms with E-state index in [1.165, 1.54) is 43.3 Å². The molecule has 2 aromatic rings. The zero-order valence-corrected chi connectivity index (χ0v) is 17.3. The summed E-state index contributed by atoms with van der Waals surface area (Å²) in [4.78, 5) is 24.3. The molecule has 1 atom stereocenters. The van der Waals surface area contributed by atoms with Crippen LogP contribution in [0.1, 0.15) is 22.8 Å². The lowest BCUT2D eigenvalue weighted by Gasteiger charge is -2.11. The smallest absolute Gasteiger partial charge is 0.331 e. The second-order valence-corrected chi connectivity index (χ2v) is 8.46. The number of ether oxygens (including phenoxy) is 1. The van der Waals surface area contributed by atoms with Gasteiger partial charge in [-0.25, -0.2) is 13.2 Å². The maximum atomic E-state index is 12.4. The SMILES string of the molecule is CC(OC(=O)/C=C/c1ccc(Cl)c(Cl)c1)C(=O)c1ccc(NS(C)(=O)=O)cc1.